The number of rotatable bonds is 6. The first-order valence-corrected chi connectivity index (χ1v) is 8.92. The van der Waals surface area contributed by atoms with Crippen LogP contribution in [0.4, 0.5) is 0 Å². The van der Waals surface area contributed by atoms with E-state index >= 15 is 0 Å². The van der Waals surface area contributed by atoms with Gasteiger partial charge in [-0.1, -0.05) is 0 Å². The zero-order valence-corrected chi connectivity index (χ0v) is 14.3. The summed E-state index contributed by atoms with van der Waals surface area (Å²) >= 11 is 4.72. The number of aryl methyl sites for hydroxylation is 1. The summed E-state index contributed by atoms with van der Waals surface area (Å²) in [4.78, 5) is 1.23. The van der Waals surface area contributed by atoms with Crippen LogP contribution in [0.2, 0.25) is 0 Å². The van der Waals surface area contributed by atoms with E-state index in [0.717, 1.165) is 10.6 Å². The number of nitrogens with zero attached hydrogens (tertiary/aromatic N) is 2. The average molecular weight is 379 g/mol. The maximum absolute atomic E-state index is 12.3. The molecule has 9 heteroatoms. The fraction of sp³-hybridized carbons (Fsp3) is 0.364. The van der Waals surface area contributed by atoms with Gasteiger partial charge in [0.05, 0.1) is 16.0 Å². The van der Waals surface area contributed by atoms with Crippen molar-refractivity contribution in [3.8, 4) is 0 Å². The normalized spacial score (nSPS) is 11.9. The van der Waals surface area contributed by atoms with Gasteiger partial charge in [-0.2, -0.15) is 5.10 Å². The Morgan fingerprint density at radius 3 is 2.80 bits per heavy atom. The molecule has 20 heavy (non-hydrogen) atoms. The van der Waals surface area contributed by atoms with E-state index in [9.17, 15) is 8.42 Å². The third kappa shape index (κ3) is 3.47. The second-order valence-corrected chi connectivity index (χ2v) is 8.34. The van der Waals surface area contributed by atoms with Gasteiger partial charge in [0, 0.05) is 24.7 Å². The quantitative estimate of drug-likeness (QED) is 0.797. The van der Waals surface area contributed by atoms with Crippen LogP contribution in [0, 0.1) is 0 Å². The van der Waals surface area contributed by atoms with Gasteiger partial charge in [0.1, 0.15) is 4.90 Å². The van der Waals surface area contributed by atoms with Crippen molar-refractivity contribution in [2.75, 3.05) is 7.05 Å². The van der Waals surface area contributed by atoms with E-state index in [4.69, 9.17) is 0 Å². The zero-order valence-electron chi connectivity index (χ0n) is 11.1. The molecule has 0 fully saturated rings. The number of aromatic nitrogens is 2. The van der Waals surface area contributed by atoms with Gasteiger partial charge in [-0.15, -0.1) is 11.3 Å². The molecule has 0 radical (unpaired) electrons. The molecule has 0 saturated heterocycles. The van der Waals surface area contributed by atoms with E-state index < -0.39 is 10.0 Å². The Kier molecular flexibility index (Phi) is 4.97. The van der Waals surface area contributed by atoms with Crippen LogP contribution in [-0.2, 0) is 30.2 Å². The third-order valence-corrected chi connectivity index (χ3v) is 6.37. The smallest absolute Gasteiger partial charge is 0.242 e. The lowest BCUT2D eigenvalue weighted by Crippen LogP contribution is -2.24. The van der Waals surface area contributed by atoms with E-state index in [-0.39, 0.29) is 11.4 Å². The predicted octanol–water partition coefficient (Wildman–Crippen LogP) is 1.44. The molecule has 2 rings (SSSR count). The van der Waals surface area contributed by atoms with Crippen LogP contribution >= 0.6 is 27.3 Å². The maximum Gasteiger partial charge on any atom is 0.242 e. The molecule has 2 aromatic rings. The van der Waals surface area contributed by atoms with Crippen molar-refractivity contribution in [2.45, 2.75) is 18.0 Å². The minimum Gasteiger partial charge on any atom is -0.315 e. The number of sulfonamides is 1. The molecule has 0 spiro atoms. The van der Waals surface area contributed by atoms with Gasteiger partial charge in [-0.05, 0) is 35.1 Å². The Balaban J connectivity index is 2.16. The molecular formula is C11H15BrN4O2S2. The number of halogens is 1. The molecule has 0 atom stereocenters. The van der Waals surface area contributed by atoms with Crippen molar-refractivity contribution >= 4 is 37.3 Å². The van der Waals surface area contributed by atoms with Crippen LogP contribution in [-0.4, -0.2) is 25.2 Å². The summed E-state index contributed by atoms with van der Waals surface area (Å²) in [5.41, 5.74) is 0.801. The number of hydrogen-bond acceptors (Lipinski definition) is 5. The van der Waals surface area contributed by atoms with Crippen LogP contribution in [0.3, 0.4) is 0 Å². The van der Waals surface area contributed by atoms with Crippen LogP contribution in [0.1, 0.15) is 10.6 Å². The first-order valence-electron chi connectivity index (χ1n) is 5.83. The highest BCUT2D eigenvalue weighted by Gasteiger charge is 2.20. The number of thiophene rings is 1. The Labute approximate surface area is 130 Å². The standard InChI is InChI=1S/C11H15BrN4O2S2/c1-13-7-9-5-10(11(12)19-9)20(17,18)15-6-8-3-4-14-16(8)2/h3-5,13,15H,6-7H2,1-2H3. The first-order chi connectivity index (χ1) is 9.44. The number of nitrogens with one attached hydrogen (secondary N) is 2. The van der Waals surface area contributed by atoms with E-state index in [1.165, 1.54) is 11.3 Å². The topological polar surface area (TPSA) is 76.0 Å². The molecule has 0 saturated carbocycles. The summed E-state index contributed by atoms with van der Waals surface area (Å²) in [7, 11) is 0.0582. The lowest BCUT2D eigenvalue weighted by Gasteiger charge is -2.06. The molecule has 2 heterocycles. The van der Waals surface area contributed by atoms with E-state index in [1.807, 2.05) is 7.05 Å². The van der Waals surface area contributed by atoms with Gasteiger partial charge < -0.3 is 5.32 Å². The van der Waals surface area contributed by atoms with E-state index in [1.54, 1.807) is 30.1 Å². The third-order valence-electron chi connectivity index (χ3n) is 2.71. The fourth-order valence-electron chi connectivity index (χ4n) is 1.66. The van der Waals surface area contributed by atoms with Crippen LogP contribution in [0.5, 0.6) is 0 Å². The molecule has 0 aliphatic heterocycles. The van der Waals surface area contributed by atoms with Gasteiger partial charge in [0.15, 0.2) is 0 Å². The van der Waals surface area contributed by atoms with E-state index in [2.05, 4.69) is 31.1 Å². The fourth-order valence-corrected chi connectivity index (χ4v) is 5.36. The zero-order chi connectivity index (χ0) is 14.8. The summed E-state index contributed by atoms with van der Waals surface area (Å²) in [6.45, 7) is 0.850. The Hall–Kier alpha value is -0.740. The summed E-state index contributed by atoms with van der Waals surface area (Å²) in [5.74, 6) is 0. The molecule has 0 bridgehead atoms. The number of hydrogen-bond donors (Lipinski definition) is 2. The molecular weight excluding hydrogens is 364 g/mol. The molecule has 0 unspecified atom stereocenters. The Bertz CT molecular complexity index is 693. The minimum atomic E-state index is -3.54. The van der Waals surface area contributed by atoms with Crippen LogP contribution < -0.4 is 10.0 Å². The van der Waals surface area contributed by atoms with Crippen molar-refractivity contribution in [1.29, 1.82) is 0 Å². The van der Waals surface area contributed by atoms with Crippen molar-refractivity contribution < 1.29 is 8.42 Å². The van der Waals surface area contributed by atoms with Crippen LogP contribution in [0.25, 0.3) is 0 Å². The van der Waals surface area contributed by atoms with E-state index in [0.29, 0.717) is 10.3 Å². The van der Waals surface area contributed by atoms with Gasteiger partial charge in [0.25, 0.3) is 0 Å². The van der Waals surface area contributed by atoms with Gasteiger partial charge in [-0.25, -0.2) is 13.1 Å². The average Bonchev–Trinajstić information content (AvgIpc) is 2.94. The molecule has 0 aromatic carbocycles. The SMILES string of the molecule is CNCc1cc(S(=O)(=O)NCc2ccnn2C)c(Br)s1. The molecule has 0 amide bonds. The van der Waals surface area contributed by atoms with Gasteiger partial charge in [-0.3, -0.25) is 4.68 Å². The second kappa shape index (κ2) is 6.35. The molecule has 110 valence electrons. The first kappa shape index (κ1) is 15.6. The van der Waals surface area contributed by atoms with Crippen molar-refractivity contribution in [2.24, 2.45) is 7.05 Å². The molecule has 0 aliphatic rings. The molecule has 6 nitrogen and oxygen atoms in total. The highest BCUT2D eigenvalue weighted by Crippen LogP contribution is 2.31. The van der Waals surface area contributed by atoms with Crippen LogP contribution in [0.15, 0.2) is 27.0 Å². The summed E-state index contributed by atoms with van der Waals surface area (Å²) < 4.78 is 29.4. The summed E-state index contributed by atoms with van der Waals surface area (Å²) in [6, 6.07) is 3.45. The summed E-state index contributed by atoms with van der Waals surface area (Å²) in [5, 5.41) is 7.00. The van der Waals surface area contributed by atoms with Gasteiger partial charge >= 0.3 is 0 Å². The van der Waals surface area contributed by atoms with Gasteiger partial charge in [0.2, 0.25) is 10.0 Å². The highest BCUT2D eigenvalue weighted by atomic mass is 79.9. The lowest BCUT2D eigenvalue weighted by atomic mass is 10.4. The molecule has 2 N–H and O–H groups in total. The van der Waals surface area contributed by atoms with Crippen molar-refractivity contribution in [3.05, 3.63) is 32.7 Å². The van der Waals surface area contributed by atoms with Crippen molar-refractivity contribution in [1.82, 2.24) is 19.8 Å². The Morgan fingerprint density at radius 1 is 1.45 bits per heavy atom. The minimum absolute atomic E-state index is 0.211. The highest BCUT2D eigenvalue weighted by molar-refractivity contribution is 9.11. The largest absolute Gasteiger partial charge is 0.315 e. The monoisotopic (exact) mass is 378 g/mol. The Morgan fingerprint density at radius 2 is 2.20 bits per heavy atom. The summed E-state index contributed by atoms with van der Waals surface area (Å²) in [6.07, 6.45) is 1.63. The van der Waals surface area contributed by atoms with Crippen molar-refractivity contribution in [3.63, 3.8) is 0 Å². The predicted molar refractivity (Wildman–Crippen MR) is 82.0 cm³/mol. The maximum atomic E-state index is 12.3. The second-order valence-electron chi connectivity index (χ2n) is 4.15. The lowest BCUT2D eigenvalue weighted by molar-refractivity contribution is 0.577. The molecule has 2 aromatic heterocycles. The molecule has 0 aliphatic carbocycles.